The van der Waals surface area contributed by atoms with Crippen LogP contribution in [-0.2, 0) is 11.3 Å². The summed E-state index contributed by atoms with van der Waals surface area (Å²) in [5.41, 5.74) is 2.40. The van der Waals surface area contributed by atoms with Crippen molar-refractivity contribution in [1.29, 1.82) is 0 Å². The summed E-state index contributed by atoms with van der Waals surface area (Å²) >= 11 is 0. The fraction of sp³-hybridized carbons (Fsp3) is 0.385. The van der Waals surface area contributed by atoms with Gasteiger partial charge in [0, 0.05) is 0 Å². The van der Waals surface area contributed by atoms with Gasteiger partial charge in [-0.15, -0.1) is 0 Å². The van der Waals surface area contributed by atoms with Crippen molar-refractivity contribution in [3.05, 3.63) is 35.4 Å². The van der Waals surface area contributed by atoms with E-state index in [1.54, 1.807) is 7.11 Å². The molecule has 3 nitrogen and oxygen atoms in total. The van der Waals surface area contributed by atoms with Gasteiger partial charge in [0.1, 0.15) is 5.75 Å². The molecule has 0 heterocycles. The summed E-state index contributed by atoms with van der Waals surface area (Å²) in [6.45, 7) is 2.67. The Bertz CT molecular complexity index is 348. The molecule has 0 aliphatic heterocycles. The summed E-state index contributed by atoms with van der Waals surface area (Å²) < 4.78 is 5.27. The molecule has 0 amide bonds. The van der Waals surface area contributed by atoms with Crippen molar-refractivity contribution in [3.63, 3.8) is 0 Å². The molecule has 0 spiro atoms. The van der Waals surface area contributed by atoms with Gasteiger partial charge < -0.3 is 9.57 Å². The van der Waals surface area contributed by atoms with Crippen LogP contribution in [0, 0.1) is 0 Å². The van der Waals surface area contributed by atoms with E-state index in [1.165, 1.54) is 11.1 Å². The lowest BCUT2D eigenvalue weighted by molar-refractivity contribution is 0.143. The van der Waals surface area contributed by atoms with Crippen LogP contribution in [-0.4, -0.2) is 13.7 Å². The number of ether oxygens (including phenoxy) is 1. The normalized spacial score (nSPS) is 10.9. The first-order valence-corrected chi connectivity index (χ1v) is 5.47. The third-order valence-corrected chi connectivity index (χ3v) is 2.40. The predicted octanol–water partition coefficient (Wildman–Crippen LogP) is 2.55. The van der Waals surface area contributed by atoms with Crippen LogP contribution in [0.1, 0.15) is 24.5 Å². The Balaban J connectivity index is 2.71. The van der Waals surface area contributed by atoms with Crippen molar-refractivity contribution < 1.29 is 9.57 Å². The molecule has 88 valence electrons. The summed E-state index contributed by atoms with van der Waals surface area (Å²) in [4.78, 5) is 4.49. The van der Waals surface area contributed by atoms with Crippen molar-refractivity contribution in [1.82, 2.24) is 0 Å². The zero-order valence-corrected chi connectivity index (χ0v) is 9.90. The molecule has 0 fully saturated rings. The van der Waals surface area contributed by atoms with E-state index in [-0.39, 0.29) is 0 Å². The highest BCUT2D eigenvalue weighted by Crippen LogP contribution is 2.21. The molecule has 1 rings (SSSR count). The van der Waals surface area contributed by atoms with Crippen molar-refractivity contribution >= 4 is 6.08 Å². The molecule has 2 N–H and O–H groups in total. The smallest absolute Gasteiger partial charge is 0.122 e. The van der Waals surface area contributed by atoms with E-state index >= 15 is 0 Å². The van der Waals surface area contributed by atoms with E-state index in [2.05, 4.69) is 23.9 Å². The minimum absolute atomic E-state index is 0.549. The molecule has 0 aliphatic carbocycles. The number of hydrogen-bond donors (Lipinski definition) is 1. The first-order valence-electron chi connectivity index (χ1n) is 5.47. The fourth-order valence-corrected chi connectivity index (χ4v) is 1.53. The molecule has 16 heavy (non-hydrogen) atoms. The van der Waals surface area contributed by atoms with Gasteiger partial charge in [0.15, 0.2) is 0 Å². The van der Waals surface area contributed by atoms with Crippen LogP contribution in [0.3, 0.4) is 0 Å². The Morgan fingerprint density at radius 1 is 1.38 bits per heavy atom. The maximum atomic E-state index is 5.27. The van der Waals surface area contributed by atoms with Crippen LogP contribution < -0.4 is 10.6 Å². The molecular formula is C13H19NO2. The van der Waals surface area contributed by atoms with Gasteiger partial charge in [0.05, 0.1) is 13.7 Å². The van der Waals surface area contributed by atoms with E-state index in [1.807, 2.05) is 18.2 Å². The van der Waals surface area contributed by atoms with Gasteiger partial charge in [-0.25, -0.2) is 5.90 Å². The first kappa shape index (κ1) is 12.7. The van der Waals surface area contributed by atoms with Crippen LogP contribution >= 0.6 is 0 Å². The molecule has 0 bridgehead atoms. The number of nitrogens with two attached hydrogens (primary N) is 1. The van der Waals surface area contributed by atoms with Crippen LogP contribution in [0.25, 0.3) is 6.08 Å². The third kappa shape index (κ3) is 3.68. The van der Waals surface area contributed by atoms with Crippen molar-refractivity contribution in [2.75, 3.05) is 13.7 Å². The van der Waals surface area contributed by atoms with Crippen molar-refractivity contribution in [2.45, 2.75) is 19.8 Å². The minimum Gasteiger partial charge on any atom is -0.496 e. The van der Waals surface area contributed by atoms with Crippen LogP contribution in [0.2, 0.25) is 0 Å². The van der Waals surface area contributed by atoms with Gasteiger partial charge in [0.2, 0.25) is 0 Å². The maximum Gasteiger partial charge on any atom is 0.122 e. The second-order valence-electron chi connectivity index (χ2n) is 3.49. The Kier molecular flexibility index (Phi) is 5.61. The SMILES string of the molecule is CCc1cc(/C=C/CCON)ccc1OC. The second kappa shape index (κ2) is 7.04. The largest absolute Gasteiger partial charge is 0.496 e. The van der Waals surface area contributed by atoms with Crippen molar-refractivity contribution in [2.24, 2.45) is 5.90 Å². The molecule has 3 heteroatoms. The number of aryl methyl sites for hydroxylation is 1. The maximum absolute atomic E-state index is 5.27. The van der Waals surface area contributed by atoms with Gasteiger partial charge in [-0.3, -0.25) is 0 Å². The van der Waals surface area contributed by atoms with Crippen LogP contribution in [0.15, 0.2) is 24.3 Å². The molecule has 0 aromatic heterocycles. The Labute approximate surface area is 96.8 Å². The summed E-state index contributed by atoms with van der Waals surface area (Å²) in [7, 11) is 1.70. The average molecular weight is 221 g/mol. The Morgan fingerprint density at radius 3 is 2.81 bits per heavy atom. The lowest BCUT2D eigenvalue weighted by Crippen LogP contribution is -1.98. The highest BCUT2D eigenvalue weighted by molar-refractivity contribution is 5.53. The van der Waals surface area contributed by atoms with E-state index in [9.17, 15) is 0 Å². The van der Waals surface area contributed by atoms with Gasteiger partial charge in [-0.2, -0.15) is 0 Å². The quantitative estimate of drug-likeness (QED) is 0.593. The van der Waals surface area contributed by atoms with E-state index in [4.69, 9.17) is 10.6 Å². The highest BCUT2D eigenvalue weighted by atomic mass is 16.6. The first-order chi connectivity index (χ1) is 7.81. The number of hydrogen-bond acceptors (Lipinski definition) is 3. The molecule has 0 atom stereocenters. The summed E-state index contributed by atoms with van der Waals surface area (Å²) in [6, 6.07) is 6.17. The molecule has 1 aromatic rings. The second-order valence-corrected chi connectivity index (χ2v) is 3.49. The lowest BCUT2D eigenvalue weighted by atomic mass is 10.1. The van der Waals surface area contributed by atoms with Crippen molar-refractivity contribution in [3.8, 4) is 5.75 Å². The van der Waals surface area contributed by atoms with E-state index in [0.717, 1.165) is 18.6 Å². The summed E-state index contributed by atoms with van der Waals surface area (Å²) in [6.07, 6.45) is 5.91. The van der Waals surface area contributed by atoms with Gasteiger partial charge >= 0.3 is 0 Å². The Morgan fingerprint density at radius 2 is 2.19 bits per heavy atom. The zero-order chi connectivity index (χ0) is 11.8. The predicted molar refractivity (Wildman–Crippen MR) is 66.2 cm³/mol. The average Bonchev–Trinajstić information content (AvgIpc) is 2.34. The summed E-state index contributed by atoms with van der Waals surface area (Å²) in [5, 5.41) is 0. The number of methoxy groups -OCH3 is 1. The molecule has 1 aromatic carbocycles. The summed E-state index contributed by atoms with van der Waals surface area (Å²) in [5.74, 6) is 5.89. The molecular weight excluding hydrogens is 202 g/mol. The molecule has 0 aliphatic rings. The van der Waals surface area contributed by atoms with Crippen LogP contribution in [0.4, 0.5) is 0 Å². The number of rotatable bonds is 6. The van der Waals surface area contributed by atoms with Crippen LogP contribution in [0.5, 0.6) is 5.75 Å². The van der Waals surface area contributed by atoms with Gasteiger partial charge in [-0.1, -0.05) is 25.1 Å². The highest BCUT2D eigenvalue weighted by Gasteiger charge is 2.00. The van der Waals surface area contributed by atoms with Gasteiger partial charge in [0.25, 0.3) is 0 Å². The van der Waals surface area contributed by atoms with Gasteiger partial charge in [-0.05, 0) is 36.1 Å². The number of benzene rings is 1. The molecule has 0 unspecified atom stereocenters. The fourth-order valence-electron chi connectivity index (χ4n) is 1.53. The third-order valence-electron chi connectivity index (χ3n) is 2.40. The minimum atomic E-state index is 0.549. The lowest BCUT2D eigenvalue weighted by Gasteiger charge is -2.07. The molecule has 0 saturated carbocycles. The van der Waals surface area contributed by atoms with E-state index < -0.39 is 0 Å². The topological polar surface area (TPSA) is 44.5 Å². The zero-order valence-electron chi connectivity index (χ0n) is 9.90. The van der Waals surface area contributed by atoms with E-state index in [0.29, 0.717) is 6.61 Å². The monoisotopic (exact) mass is 221 g/mol. The molecule has 0 saturated heterocycles. The Hall–Kier alpha value is -1.32. The standard InChI is InChI=1S/C13H19NO2/c1-3-12-10-11(6-4-5-9-16-14)7-8-13(12)15-2/h4,6-8,10H,3,5,9,14H2,1-2H3/b6-4+. The molecule has 0 radical (unpaired) electrons.